The molecule has 0 spiro atoms. The van der Waals surface area contributed by atoms with Gasteiger partial charge in [-0.05, 0) is 54.7 Å². The number of pyridine rings is 1. The Bertz CT molecular complexity index is 1060. The molecule has 2 heterocycles. The van der Waals surface area contributed by atoms with Gasteiger partial charge in [-0.3, -0.25) is 9.78 Å². The molecule has 1 fully saturated rings. The quantitative estimate of drug-likeness (QED) is 0.626. The molecule has 0 bridgehead atoms. The van der Waals surface area contributed by atoms with E-state index in [1.54, 1.807) is 0 Å². The first-order valence-electron chi connectivity index (χ1n) is 9.68. The average Bonchev–Trinajstić information content (AvgIpc) is 3.43. The van der Waals surface area contributed by atoms with E-state index in [9.17, 15) is 4.79 Å². The Balaban J connectivity index is 0.00000120. The molecule has 0 unspecified atom stereocenters. The van der Waals surface area contributed by atoms with Crippen LogP contribution in [-0.2, 0) is 19.6 Å². The molecule has 0 radical (unpaired) electrons. The number of carbonyl (C=O) groups excluding carboxylic acids is 1. The summed E-state index contributed by atoms with van der Waals surface area (Å²) in [6.45, 7) is 4.44. The van der Waals surface area contributed by atoms with Gasteiger partial charge in [-0.25, -0.2) is 0 Å². The van der Waals surface area contributed by atoms with Crippen LogP contribution in [0, 0.1) is 6.92 Å². The maximum Gasteiger partial charge on any atom is 0.252 e. The number of benzene rings is 2. The number of nitrogens with zero attached hydrogens (tertiary/aromatic N) is 1. The molecule has 0 atom stereocenters. The fraction of sp³-hybridized carbons (Fsp3) is 0.304. The second kappa shape index (κ2) is 8.70. The van der Waals surface area contributed by atoms with Crippen LogP contribution in [0.25, 0.3) is 10.9 Å². The lowest BCUT2D eigenvalue weighted by atomic mass is 10.0. The predicted octanol–water partition coefficient (Wildman–Crippen LogP) is 4.80. The zero-order valence-corrected chi connectivity index (χ0v) is 18.0. The molecule has 0 saturated heterocycles. The topological polar surface area (TPSA) is 54.0 Å². The summed E-state index contributed by atoms with van der Waals surface area (Å²) in [7, 11) is 0. The molecule has 2 N–H and O–H groups in total. The average molecular weight is 430 g/mol. The normalized spacial score (nSPS) is 14.7. The molecule has 2 aliphatic rings. The van der Waals surface area contributed by atoms with Gasteiger partial charge in [-0.2, -0.15) is 0 Å². The number of halogens is 2. The minimum absolute atomic E-state index is 0. The van der Waals surface area contributed by atoms with Gasteiger partial charge < -0.3 is 10.6 Å². The summed E-state index contributed by atoms with van der Waals surface area (Å²) >= 11 is 0. The minimum atomic E-state index is -0.0199. The van der Waals surface area contributed by atoms with E-state index in [4.69, 9.17) is 4.98 Å². The van der Waals surface area contributed by atoms with Crippen molar-refractivity contribution in [2.24, 2.45) is 0 Å². The molecule has 1 amide bonds. The van der Waals surface area contributed by atoms with E-state index in [1.807, 2.05) is 12.1 Å². The molecule has 1 saturated carbocycles. The number of aromatic nitrogens is 1. The van der Waals surface area contributed by atoms with Gasteiger partial charge >= 0.3 is 0 Å². The molecular formula is C23H25Cl2N3O. The highest BCUT2D eigenvalue weighted by molar-refractivity contribution is 6.06. The highest BCUT2D eigenvalue weighted by atomic mass is 35.5. The zero-order chi connectivity index (χ0) is 18.4. The summed E-state index contributed by atoms with van der Waals surface area (Å²) in [4.78, 5) is 17.8. The fourth-order valence-corrected chi connectivity index (χ4v) is 3.87. The molecule has 5 rings (SSSR count). The number of aryl methyl sites for hydroxylation is 1. The van der Waals surface area contributed by atoms with Crippen LogP contribution in [0.2, 0.25) is 0 Å². The van der Waals surface area contributed by atoms with Crippen molar-refractivity contribution in [1.29, 1.82) is 0 Å². The van der Waals surface area contributed by atoms with Gasteiger partial charge in [-0.15, -0.1) is 24.8 Å². The molecule has 2 aromatic carbocycles. The third-order valence-corrected chi connectivity index (χ3v) is 5.58. The molecule has 29 heavy (non-hydrogen) atoms. The van der Waals surface area contributed by atoms with E-state index < -0.39 is 0 Å². The molecule has 1 aliphatic heterocycles. The van der Waals surface area contributed by atoms with Gasteiger partial charge in [0.2, 0.25) is 0 Å². The molecule has 1 aromatic heterocycles. The number of nitrogens with one attached hydrogen (secondary N) is 2. The molecule has 1 aliphatic carbocycles. The smallest absolute Gasteiger partial charge is 0.252 e. The van der Waals surface area contributed by atoms with Crippen LogP contribution in [0.5, 0.6) is 0 Å². The summed E-state index contributed by atoms with van der Waals surface area (Å²) in [6.07, 6.45) is 2.35. The van der Waals surface area contributed by atoms with Crippen LogP contribution in [-0.4, -0.2) is 10.9 Å². The van der Waals surface area contributed by atoms with Gasteiger partial charge in [0.05, 0.1) is 11.1 Å². The van der Waals surface area contributed by atoms with Gasteiger partial charge in [0.15, 0.2) is 0 Å². The van der Waals surface area contributed by atoms with Crippen molar-refractivity contribution in [3.05, 3.63) is 76.0 Å². The van der Waals surface area contributed by atoms with Crippen LogP contribution in [0.15, 0.2) is 42.5 Å². The van der Waals surface area contributed by atoms with Gasteiger partial charge in [0.25, 0.3) is 5.91 Å². The van der Waals surface area contributed by atoms with E-state index in [0.29, 0.717) is 12.5 Å². The zero-order valence-electron chi connectivity index (χ0n) is 16.3. The Hall–Kier alpha value is -2.14. The standard InChI is InChI=1S/C23H23N3O.2ClH/c1-14-2-7-21-19(8-14)20(10-22(26-21)16-5-6-16)23(27)25-11-15-3-4-17-12-24-13-18(17)9-15;;/h2-4,7-10,16,24H,5-6,11-13H2,1H3,(H,25,27);2*1H. The minimum Gasteiger partial charge on any atom is -0.348 e. The Morgan fingerprint density at radius 1 is 1.07 bits per heavy atom. The Labute approximate surface area is 183 Å². The largest absolute Gasteiger partial charge is 0.348 e. The lowest BCUT2D eigenvalue weighted by Gasteiger charge is -2.11. The first-order valence-corrected chi connectivity index (χ1v) is 9.68. The number of hydrogen-bond donors (Lipinski definition) is 2. The first-order chi connectivity index (χ1) is 13.2. The van der Waals surface area contributed by atoms with Crippen molar-refractivity contribution in [3.8, 4) is 0 Å². The van der Waals surface area contributed by atoms with Crippen LogP contribution in [0.1, 0.15) is 57.1 Å². The maximum atomic E-state index is 13.0. The summed E-state index contributed by atoms with van der Waals surface area (Å²) in [5, 5.41) is 7.42. The van der Waals surface area contributed by atoms with Crippen LogP contribution in [0.4, 0.5) is 0 Å². The summed E-state index contributed by atoms with van der Waals surface area (Å²) in [5.41, 5.74) is 7.69. The molecule has 152 valence electrons. The van der Waals surface area contributed by atoms with Crippen LogP contribution in [0.3, 0.4) is 0 Å². The fourth-order valence-electron chi connectivity index (χ4n) is 3.87. The van der Waals surface area contributed by atoms with Crippen LogP contribution < -0.4 is 10.6 Å². The third kappa shape index (κ3) is 4.40. The van der Waals surface area contributed by atoms with Crippen LogP contribution >= 0.6 is 24.8 Å². The molecule has 3 aromatic rings. The van der Waals surface area contributed by atoms with Crippen molar-refractivity contribution < 1.29 is 4.79 Å². The van der Waals surface area contributed by atoms with Crippen molar-refractivity contribution in [1.82, 2.24) is 15.6 Å². The first kappa shape index (κ1) is 21.6. The highest BCUT2D eigenvalue weighted by Crippen LogP contribution is 2.40. The SMILES string of the molecule is Cc1ccc2nc(C3CC3)cc(C(=O)NCc3ccc4c(c3)CNC4)c2c1.Cl.Cl. The van der Waals surface area contributed by atoms with E-state index >= 15 is 0 Å². The lowest BCUT2D eigenvalue weighted by molar-refractivity contribution is 0.0952. The number of fused-ring (bicyclic) bond motifs is 2. The maximum absolute atomic E-state index is 13.0. The number of rotatable bonds is 4. The van der Waals surface area contributed by atoms with Gasteiger partial charge in [0, 0.05) is 36.6 Å². The Morgan fingerprint density at radius 2 is 1.86 bits per heavy atom. The van der Waals surface area contributed by atoms with Crippen molar-refractivity contribution in [2.75, 3.05) is 0 Å². The van der Waals surface area contributed by atoms with E-state index in [2.05, 4.69) is 47.9 Å². The predicted molar refractivity (Wildman–Crippen MR) is 121 cm³/mol. The van der Waals surface area contributed by atoms with E-state index in [0.717, 1.165) is 46.4 Å². The number of carbonyl (C=O) groups is 1. The van der Waals surface area contributed by atoms with E-state index in [1.165, 1.54) is 24.0 Å². The number of hydrogen-bond acceptors (Lipinski definition) is 3. The van der Waals surface area contributed by atoms with Gasteiger partial charge in [-0.1, -0.05) is 29.8 Å². The molecule has 4 nitrogen and oxygen atoms in total. The van der Waals surface area contributed by atoms with Crippen molar-refractivity contribution >= 4 is 41.6 Å². The summed E-state index contributed by atoms with van der Waals surface area (Å²) in [6, 6.07) is 14.6. The Morgan fingerprint density at radius 3 is 2.66 bits per heavy atom. The second-order valence-electron chi connectivity index (χ2n) is 7.78. The Kier molecular flexibility index (Phi) is 6.47. The second-order valence-corrected chi connectivity index (χ2v) is 7.78. The summed E-state index contributed by atoms with van der Waals surface area (Å²) < 4.78 is 0. The third-order valence-electron chi connectivity index (χ3n) is 5.58. The monoisotopic (exact) mass is 429 g/mol. The number of amides is 1. The van der Waals surface area contributed by atoms with E-state index in [-0.39, 0.29) is 30.7 Å². The van der Waals surface area contributed by atoms with Crippen molar-refractivity contribution in [2.45, 2.75) is 45.3 Å². The highest BCUT2D eigenvalue weighted by Gasteiger charge is 2.27. The van der Waals surface area contributed by atoms with Crippen molar-refractivity contribution in [3.63, 3.8) is 0 Å². The van der Waals surface area contributed by atoms with Gasteiger partial charge in [0.1, 0.15) is 0 Å². The summed E-state index contributed by atoms with van der Waals surface area (Å²) in [5.74, 6) is 0.500. The molecular weight excluding hydrogens is 405 g/mol. The molecule has 6 heteroatoms. The lowest BCUT2D eigenvalue weighted by Crippen LogP contribution is -2.23.